The van der Waals surface area contributed by atoms with E-state index < -0.39 is 0 Å². The van der Waals surface area contributed by atoms with Crippen LogP contribution in [0.3, 0.4) is 0 Å². The zero-order chi connectivity index (χ0) is 13.5. The van der Waals surface area contributed by atoms with Gasteiger partial charge in [0.05, 0.1) is 12.6 Å². The summed E-state index contributed by atoms with van der Waals surface area (Å²) in [6.07, 6.45) is 7.95. The first-order valence-corrected chi connectivity index (χ1v) is 6.82. The Labute approximate surface area is 113 Å². The first-order chi connectivity index (χ1) is 9.29. The molecule has 2 rings (SSSR count). The molecule has 0 aromatic carbocycles. The molecule has 0 aliphatic heterocycles. The van der Waals surface area contributed by atoms with Crippen molar-refractivity contribution in [2.75, 3.05) is 20.3 Å². The average molecular weight is 266 g/mol. The molecule has 0 saturated heterocycles. The second kappa shape index (κ2) is 7.13. The molecule has 0 bridgehead atoms. The van der Waals surface area contributed by atoms with Crippen molar-refractivity contribution in [1.82, 2.24) is 20.4 Å². The Morgan fingerprint density at radius 2 is 2.21 bits per heavy atom. The third kappa shape index (κ3) is 4.24. The van der Waals surface area contributed by atoms with Crippen LogP contribution in [-0.2, 0) is 4.74 Å². The van der Waals surface area contributed by atoms with E-state index in [1.165, 1.54) is 0 Å². The van der Waals surface area contributed by atoms with Crippen LogP contribution in [-0.4, -0.2) is 42.1 Å². The molecule has 106 valence electrons. The molecule has 6 nitrogen and oxygen atoms in total. The zero-order valence-corrected chi connectivity index (χ0v) is 11.3. The van der Waals surface area contributed by atoms with Gasteiger partial charge >= 0.3 is 6.03 Å². The van der Waals surface area contributed by atoms with E-state index in [4.69, 9.17) is 4.74 Å². The minimum Gasteiger partial charge on any atom is -0.383 e. The first kappa shape index (κ1) is 13.9. The van der Waals surface area contributed by atoms with Gasteiger partial charge in [-0.1, -0.05) is 0 Å². The maximum Gasteiger partial charge on any atom is 0.315 e. The second-order valence-electron chi connectivity index (χ2n) is 4.88. The Bertz CT molecular complexity index is 372. The van der Waals surface area contributed by atoms with Gasteiger partial charge in [-0.05, 0) is 31.7 Å². The van der Waals surface area contributed by atoms with Gasteiger partial charge in [0.25, 0.3) is 0 Å². The predicted octanol–water partition coefficient (Wildman–Crippen LogP) is 1.31. The third-order valence-corrected chi connectivity index (χ3v) is 3.52. The van der Waals surface area contributed by atoms with Gasteiger partial charge in [-0.3, -0.25) is 4.68 Å². The highest BCUT2D eigenvalue weighted by Gasteiger charge is 2.23. The van der Waals surface area contributed by atoms with Gasteiger partial charge in [0.15, 0.2) is 0 Å². The lowest BCUT2D eigenvalue weighted by Gasteiger charge is -2.29. The lowest BCUT2D eigenvalue weighted by molar-refractivity contribution is 0.193. The molecule has 2 N–H and O–H groups in total. The number of aromatic nitrogens is 2. The Hall–Kier alpha value is -1.56. The number of hydrogen-bond donors (Lipinski definition) is 2. The summed E-state index contributed by atoms with van der Waals surface area (Å²) in [5.41, 5.74) is 0. The van der Waals surface area contributed by atoms with Crippen LogP contribution in [0.15, 0.2) is 18.5 Å². The standard InChI is InChI=1S/C13H22N4O2/c1-19-10-8-14-13(18)16-11-3-5-12(6-4-11)17-9-2-7-15-17/h2,7,9,11-12H,3-6,8,10H2,1H3,(H2,14,16,18). The first-order valence-electron chi connectivity index (χ1n) is 6.82. The predicted molar refractivity (Wildman–Crippen MR) is 71.9 cm³/mol. The third-order valence-electron chi connectivity index (χ3n) is 3.52. The number of rotatable bonds is 5. The van der Waals surface area contributed by atoms with E-state index >= 15 is 0 Å². The van der Waals surface area contributed by atoms with Gasteiger partial charge < -0.3 is 15.4 Å². The molecule has 1 aliphatic rings. The molecular formula is C13H22N4O2. The van der Waals surface area contributed by atoms with Gasteiger partial charge in [-0.15, -0.1) is 0 Å². The van der Waals surface area contributed by atoms with E-state index in [1.807, 2.05) is 23.1 Å². The normalized spacial score (nSPS) is 23.0. The fraction of sp³-hybridized carbons (Fsp3) is 0.692. The summed E-state index contributed by atoms with van der Waals surface area (Å²) in [5, 5.41) is 10.1. The van der Waals surface area contributed by atoms with Crippen molar-refractivity contribution in [1.29, 1.82) is 0 Å². The molecule has 1 fully saturated rings. The number of hydrogen-bond acceptors (Lipinski definition) is 3. The number of nitrogens with one attached hydrogen (secondary N) is 2. The van der Waals surface area contributed by atoms with Gasteiger partial charge in [-0.2, -0.15) is 5.10 Å². The fourth-order valence-corrected chi connectivity index (χ4v) is 2.48. The van der Waals surface area contributed by atoms with Gasteiger partial charge in [0.2, 0.25) is 0 Å². The van der Waals surface area contributed by atoms with Crippen LogP contribution in [0.25, 0.3) is 0 Å². The highest BCUT2D eigenvalue weighted by atomic mass is 16.5. The van der Waals surface area contributed by atoms with E-state index in [0.29, 0.717) is 19.2 Å². The van der Waals surface area contributed by atoms with Gasteiger partial charge in [0, 0.05) is 32.1 Å². The molecule has 1 heterocycles. The van der Waals surface area contributed by atoms with Gasteiger partial charge in [-0.25, -0.2) is 4.79 Å². The number of carbonyl (C=O) groups is 1. The number of carbonyl (C=O) groups excluding carboxylic acids is 1. The van der Waals surface area contributed by atoms with Crippen molar-refractivity contribution in [2.24, 2.45) is 0 Å². The van der Waals surface area contributed by atoms with Crippen molar-refractivity contribution < 1.29 is 9.53 Å². The molecule has 0 unspecified atom stereocenters. The molecule has 6 heteroatoms. The van der Waals surface area contributed by atoms with Crippen LogP contribution >= 0.6 is 0 Å². The monoisotopic (exact) mass is 266 g/mol. The van der Waals surface area contributed by atoms with Crippen LogP contribution in [0.4, 0.5) is 4.79 Å². The Kier molecular flexibility index (Phi) is 5.20. The van der Waals surface area contributed by atoms with E-state index in [-0.39, 0.29) is 12.1 Å². The van der Waals surface area contributed by atoms with Crippen molar-refractivity contribution in [2.45, 2.75) is 37.8 Å². The van der Waals surface area contributed by atoms with Crippen LogP contribution in [0.5, 0.6) is 0 Å². The summed E-state index contributed by atoms with van der Waals surface area (Å²) in [4.78, 5) is 11.6. The summed E-state index contributed by atoms with van der Waals surface area (Å²) in [6.45, 7) is 1.09. The average Bonchev–Trinajstić information content (AvgIpc) is 2.94. The van der Waals surface area contributed by atoms with E-state index in [0.717, 1.165) is 25.7 Å². The number of methoxy groups -OCH3 is 1. The number of amides is 2. The zero-order valence-electron chi connectivity index (χ0n) is 11.3. The van der Waals surface area contributed by atoms with Crippen molar-refractivity contribution in [3.63, 3.8) is 0 Å². The van der Waals surface area contributed by atoms with E-state index in [1.54, 1.807) is 7.11 Å². The maximum absolute atomic E-state index is 11.6. The van der Waals surface area contributed by atoms with Crippen LogP contribution in [0, 0.1) is 0 Å². The Morgan fingerprint density at radius 1 is 1.42 bits per heavy atom. The van der Waals surface area contributed by atoms with Gasteiger partial charge in [0.1, 0.15) is 0 Å². The molecule has 1 aromatic rings. The molecule has 0 atom stereocenters. The summed E-state index contributed by atoms with van der Waals surface area (Å²) in [5.74, 6) is 0. The number of urea groups is 1. The topological polar surface area (TPSA) is 68.2 Å². The minimum atomic E-state index is -0.0976. The summed E-state index contributed by atoms with van der Waals surface area (Å²) in [7, 11) is 1.62. The van der Waals surface area contributed by atoms with Crippen LogP contribution in [0.2, 0.25) is 0 Å². The van der Waals surface area contributed by atoms with Crippen molar-refractivity contribution in [3.8, 4) is 0 Å². The molecule has 1 aliphatic carbocycles. The minimum absolute atomic E-state index is 0.0976. The number of nitrogens with zero attached hydrogens (tertiary/aromatic N) is 2. The highest BCUT2D eigenvalue weighted by Crippen LogP contribution is 2.27. The smallest absolute Gasteiger partial charge is 0.315 e. The van der Waals surface area contributed by atoms with E-state index in [9.17, 15) is 4.79 Å². The molecule has 1 aromatic heterocycles. The Morgan fingerprint density at radius 3 is 2.84 bits per heavy atom. The van der Waals surface area contributed by atoms with Crippen LogP contribution in [0.1, 0.15) is 31.7 Å². The largest absolute Gasteiger partial charge is 0.383 e. The number of ether oxygens (including phenoxy) is 1. The van der Waals surface area contributed by atoms with Crippen molar-refractivity contribution >= 4 is 6.03 Å². The maximum atomic E-state index is 11.6. The summed E-state index contributed by atoms with van der Waals surface area (Å²) >= 11 is 0. The Balaban J connectivity index is 1.67. The van der Waals surface area contributed by atoms with Crippen LogP contribution < -0.4 is 10.6 Å². The molecule has 19 heavy (non-hydrogen) atoms. The lowest BCUT2D eigenvalue weighted by atomic mass is 9.91. The lowest BCUT2D eigenvalue weighted by Crippen LogP contribution is -2.44. The molecule has 2 amide bonds. The fourth-order valence-electron chi connectivity index (χ4n) is 2.48. The SMILES string of the molecule is COCCNC(=O)NC1CCC(n2cccn2)CC1. The molecule has 0 spiro atoms. The van der Waals surface area contributed by atoms with E-state index in [2.05, 4.69) is 15.7 Å². The quantitative estimate of drug-likeness (QED) is 0.790. The molecule has 0 radical (unpaired) electrons. The second-order valence-corrected chi connectivity index (χ2v) is 4.88. The molecule has 1 saturated carbocycles. The summed E-state index contributed by atoms with van der Waals surface area (Å²) in [6, 6.07) is 2.60. The summed E-state index contributed by atoms with van der Waals surface area (Å²) < 4.78 is 6.91. The van der Waals surface area contributed by atoms with Crippen molar-refractivity contribution in [3.05, 3.63) is 18.5 Å². The highest BCUT2D eigenvalue weighted by molar-refractivity contribution is 5.74. The molecular weight excluding hydrogens is 244 g/mol.